The highest BCUT2D eigenvalue weighted by Crippen LogP contribution is 2.33. The standard InChI is InChI=1S/C11H12ClNS/c1-2-8-7(6-12)5-10(13)9-3-4-14-11(8)9/h3-5H,2,6,13H2,1H3. The summed E-state index contributed by atoms with van der Waals surface area (Å²) in [4.78, 5) is 0. The number of nitrogen functional groups attached to an aromatic ring is 1. The Balaban J connectivity index is 2.82. The number of benzene rings is 1. The van der Waals surface area contributed by atoms with E-state index in [4.69, 9.17) is 17.3 Å². The molecule has 1 aromatic carbocycles. The van der Waals surface area contributed by atoms with Crippen LogP contribution >= 0.6 is 22.9 Å². The van der Waals surface area contributed by atoms with E-state index in [2.05, 4.69) is 18.4 Å². The average molecular weight is 226 g/mol. The molecule has 1 nitrogen and oxygen atoms in total. The highest BCUT2D eigenvalue weighted by molar-refractivity contribution is 7.17. The first-order valence-electron chi connectivity index (χ1n) is 4.61. The zero-order valence-electron chi connectivity index (χ0n) is 8.01. The predicted molar refractivity (Wildman–Crippen MR) is 65.2 cm³/mol. The van der Waals surface area contributed by atoms with Crippen molar-refractivity contribution < 1.29 is 0 Å². The Labute approximate surface area is 92.5 Å². The van der Waals surface area contributed by atoms with Gasteiger partial charge in [0.25, 0.3) is 0 Å². The van der Waals surface area contributed by atoms with Gasteiger partial charge in [-0.2, -0.15) is 0 Å². The molecule has 0 radical (unpaired) electrons. The van der Waals surface area contributed by atoms with Gasteiger partial charge in [-0.25, -0.2) is 0 Å². The summed E-state index contributed by atoms with van der Waals surface area (Å²) in [5.41, 5.74) is 9.31. The topological polar surface area (TPSA) is 26.0 Å². The molecular weight excluding hydrogens is 214 g/mol. The number of alkyl halides is 1. The molecule has 0 bridgehead atoms. The van der Waals surface area contributed by atoms with Gasteiger partial charge in [0.05, 0.1) is 0 Å². The van der Waals surface area contributed by atoms with Crippen LogP contribution in [0.25, 0.3) is 10.1 Å². The van der Waals surface area contributed by atoms with Gasteiger partial charge >= 0.3 is 0 Å². The summed E-state index contributed by atoms with van der Waals surface area (Å²) < 4.78 is 1.29. The molecule has 0 aliphatic rings. The van der Waals surface area contributed by atoms with Crippen molar-refractivity contribution in [2.75, 3.05) is 5.73 Å². The van der Waals surface area contributed by atoms with Gasteiger partial charge in [0, 0.05) is 21.7 Å². The van der Waals surface area contributed by atoms with E-state index in [1.807, 2.05) is 6.07 Å². The monoisotopic (exact) mass is 225 g/mol. The second kappa shape index (κ2) is 3.79. The van der Waals surface area contributed by atoms with E-state index in [9.17, 15) is 0 Å². The molecule has 2 aromatic rings. The number of rotatable bonds is 2. The minimum Gasteiger partial charge on any atom is -0.398 e. The van der Waals surface area contributed by atoms with Crippen LogP contribution < -0.4 is 5.73 Å². The van der Waals surface area contributed by atoms with E-state index in [-0.39, 0.29) is 0 Å². The van der Waals surface area contributed by atoms with Crippen molar-refractivity contribution in [2.45, 2.75) is 19.2 Å². The fourth-order valence-electron chi connectivity index (χ4n) is 1.78. The molecule has 0 saturated carbocycles. The number of aryl methyl sites for hydroxylation is 1. The Morgan fingerprint density at radius 3 is 2.93 bits per heavy atom. The third-order valence-corrected chi connectivity index (χ3v) is 3.73. The fraction of sp³-hybridized carbons (Fsp3) is 0.273. The molecular formula is C11H12ClNS. The summed E-state index contributed by atoms with van der Waals surface area (Å²) in [6, 6.07) is 4.08. The number of hydrogen-bond donors (Lipinski definition) is 1. The van der Waals surface area contributed by atoms with Gasteiger partial charge in [0.1, 0.15) is 0 Å². The van der Waals surface area contributed by atoms with E-state index in [0.717, 1.165) is 12.1 Å². The smallest absolute Gasteiger partial charge is 0.0478 e. The SMILES string of the molecule is CCc1c(CCl)cc(N)c2ccsc12. The summed E-state index contributed by atoms with van der Waals surface area (Å²) in [6.45, 7) is 2.15. The molecule has 0 unspecified atom stereocenters. The van der Waals surface area contributed by atoms with Crippen LogP contribution in [0.1, 0.15) is 18.1 Å². The van der Waals surface area contributed by atoms with Crippen LogP contribution in [0.4, 0.5) is 5.69 Å². The van der Waals surface area contributed by atoms with Gasteiger partial charge in [-0.15, -0.1) is 22.9 Å². The predicted octanol–water partition coefficient (Wildman–Crippen LogP) is 3.78. The molecule has 2 rings (SSSR count). The van der Waals surface area contributed by atoms with Crippen molar-refractivity contribution in [1.29, 1.82) is 0 Å². The molecule has 74 valence electrons. The third-order valence-electron chi connectivity index (χ3n) is 2.47. The van der Waals surface area contributed by atoms with Crippen LogP contribution in [0.5, 0.6) is 0 Å². The maximum atomic E-state index is 5.95. The Hall–Kier alpha value is -0.730. The van der Waals surface area contributed by atoms with Gasteiger partial charge in [0.15, 0.2) is 0 Å². The van der Waals surface area contributed by atoms with E-state index in [1.165, 1.54) is 21.2 Å². The van der Waals surface area contributed by atoms with Gasteiger partial charge in [0.2, 0.25) is 0 Å². The maximum Gasteiger partial charge on any atom is 0.0478 e. The molecule has 2 N–H and O–H groups in total. The number of nitrogens with two attached hydrogens (primary N) is 1. The molecule has 1 aromatic heterocycles. The van der Waals surface area contributed by atoms with Gasteiger partial charge < -0.3 is 5.73 Å². The molecule has 14 heavy (non-hydrogen) atoms. The van der Waals surface area contributed by atoms with Crippen LogP contribution in [0.2, 0.25) is 0 Å². The zero-order valence-corrected chi connectivity index (χ0v) is 9.58. The quantitative estimate of drug-likeness (QED) is 0.611. The lowest BCUT2D eigenvalue weighted by atomic mass is 10.0. The Morgan fingerprint density at radius 1 is 1.50 bits per heavy atom. The summed E-state index contributed by atoms with van der Waals surface area (Å²) in [5.74, 6) is 0.543. The van der Waals surface area contributed by atoms with E-state index >= 15 is 0 Å². The molecule has 0 fully saturated rings. The number of anilines is 1. The number of thiophene rings is 1. The minimum absolute atomic E-state index is 0.543. The van der Waals surface area contributed by atoms with Crippen molar-refractivity contribution in [3.63, 3.8) is 0 Å². The average Bonchev–Trinajstić information content (AvgIpc) is 2.66. The number of halogens is 1. The first-order chi connectivity index (χ1) is 6.77. The largest absolute Gasteiger partial charge is 0.398 e. The second-order valence-corrected chi connectivity index (χ2v) is 4.44. The lowest BCUT2D eigenvalue weighted by molar-refractivity contribution is 1.12. The molecule has 0 amide bonds. The Kier molecular flexibility index (Phi) is 2.66. The molecule has 3 heteroatoms. The van der Waals surface area contributed by atoms with Crippen molar-refractivity contribution in [3.8, 4) is 0 Å². The first-order valence-corrected chi connectivity index (χ1v) is 6.02. The molecule has 0 aliphatic carbocycles. The number of hydrogen-bond acceptors (Lipinski definition) is 2. The number of fused-ring (bicyclic) bond motifs is 1. The van der Waals surface area contributed by atoms with Crippen LogP contribution in [0.3, 0.4) is 0 Å². The molecule has 0 aliphatic heterocycles. The molecule has 1 heterocycles. The summed E-state index contributed by atoms with van der Waals surface area (Å²) in [7, 11) is 0. The first kappa shape index (κ1) is 9.81. The third kappa shape index (κ3) is 1.39. The van der Waals surface area contributed by atoms with E-state index < -0.39 is 0 Å². The molecule has 0 saturated heterocycles. The Morgan fingerprint density at radius 2 is 2.29 bits per heavy atom. The van der Waals surface area contributed by atoms with E-state index in [0.29, 0.717) is 5.88 Å². The lowest BCUT2D eigenvalue weighted by Crippen LogP contribution is -1.94. The summed E-state index contributed by atoms with van der Waals surface area (Å²) in [6.07, 6.45) is 1.01. The van der Waals surface area contributed by atoms with Crippen molar-refractivity contribution in [1.82, 2.24) is 0 Å². The minimum atomic E-state index is 0.543. The summed E-state index contributed by atoms with van der Waals surface area (Å²) >= 11 is 7.64. The molecule has 0 atom stereocenters. The van der Waals surface area contributed by atoms with Crippen molar-refractivity contribution in [3.05, 3.63) is 28.6 Å². The fourth-order valence-corrected chi connectivity index (χ4v) is 3.08. The van der Waals surface area contributed by atoms with Crippen LogP contribution in [0, 0.1) is 0 Å². The highest BCUT2D eigenvalue weighted by Gasteiger charge is 2.09. The highest BCUT2D eigenvalue weighted by atomic mass is 35.5. The van der Waals surface area contributed by atoms with Gasteiger partial charge in [-0.05, 0) is 35.1 Å². The van der Waals surface area contributed by atoms with Crippen molar-refractivity contribution >= 4 is 38.7 Å². The van der Waals surface area contributed by atoms with Gasteiger partial charge in [-0.1, -0.05) is 6.92 Å². The van der Waals surface area contributed by atoms with Crippen LogP contribution in [-0.2, 0) is 12.3 Å². The lowest BCUT2D eigenvalue weighted by Gasteiger charge is -2.08. The summed E-state index contributed by atoms with van der Waals surface area (Å²) in [5, 5.41) is 3.25. The van der Waals surface area contributed by atoms with Gasteiger partial charge in [-0.3, -0.25) is 0 Å². The molecule has 0 spiro atoms. The van der Waals surface area contributed by atoms with Crippen molar-refractivity contribution in [2.24, 2.45) is 0 Å². The second-order valence-electron chi connectivity index (χ2n) is 3.25. The zero-order chi connectivity index (χ0) is 10.1. The normalized spacial score (nSPS) is 11.0. The van der Waals surface area contributed by atoms with Crippen LogP contribution in [-0.4, -0.2) is 0 Å². The van der Waals surface area contributed by atoms with E-state index in [1.54, 1.807) is 11.3 Å². The Bertz CT molecular complexity index is 462. The maximum absolute atomic E-state index is 5.95. The van der Waals surface area contributed by atoms with Crippen LogP contribution in [0.15, 0.2) is 17.5 Å².